The third kappa shape index (κ3) is 4.67. The molecule has 1 rings (SSSR count). The van der Waals surface area contributed by atoms with Crippen molar-refractivity contribution >= 4 is 26.7 Å². The van der Waals surface area contributed by atoms with Crippen LogP contribution < -0.4 is 0 Å². The maximum Gasteiger partial charge on any atom is 0.109 e. The lowest BCUT2D eigenvalue weighted by Crippen LogP contribution is -2.28. The minimum atomic E-state index is -0.851. The van der Waals surface area contributed by atoms with Gasteiger partial charge in [0.25, 0.3) is 0 Å². The zero-order chi connectivity index (χ0) is 14.8. The summed E-state index contributed by atoms with van der Waals surface area (Å²) in [6.45, 7) is 12.4. The Morgan fingerprint density at radius 1 is 1.32 bits per heavy atom. The summed E-state index contributed by atoms with van der Waals surface area (Å²) in [5.41, 5.74) is 2.16. The zero-order valence-electron chi connectivity index (χ0n) is 12.7. The van der Waals surface area contributed by atoms with Crippen LogP contribution >= 0.6 is 15.9 Å². The molecule has 0 aliphatic heterocycles. The number of pyridine rings is 1. The van der Waals surface area contributed by atoms with E-state index in [0.29, 0.717) is 11.7 Å². The van der Waals surface area contributed by atoms with Crippen LogP contribution in [0.4, 0.5) is 0 Å². The summed E-state index contributed by atoms with van der Waals surface area (Å²) >= 11 is 3.55. The van der Waals surface area contributed by atoms with Crippen LogP contribution in [0.1, 0.15) is 51.8 Å². The van der Waals surface area contributed by atoms with Gasteiger partial charge in [-0.15, -0.1) is 0 Å². The van der Waals surface area contributed by atoms with E-state index in [1.165, 1.54) is 5.56 Å². The highest BCUT2D eigenvalue weighted by atomic mass is 79.9. The third-order valence-corrected chi connectivity index (χ3v) is 5.90. The molecule has 0 radical (unpaired) electrons. The minimum Gasteiger partial charge on any atom is -0.259 e. The topological polar surface area (TPSA) is 30.0 Å². The lowest BCUT2D eigenvalue weighted by molar-refractivity contribution is 0.528. The molecule has 108 valence electrons. The Hall–Kier alpha value is -0.220. The van der Waals surface area contributed by atoms with E-state index in [0.717, 1.165) is 10.3 Å². The van der Waals surface area contributed by atoms with Gasteiger partial charge in [-0.3, -0.25) is 4.21 Å². The number of nitrogens with zero attached hydrogens (tertiary/aromatic N) is 1. The van der Waals surface area contributed by atoms with Crippen molar-refractivity contribution in [1.82, 2.24) is 4.98 Å². The van der Waals surface area contributed by atoms with E-state index in [2.05, 4.69) is 40.8 Å². The summed E-state index contributed by atoms with van der Waals surface area (Å²) in [6, 6.07) is 4.13. The van der Waals surface area contributed by atoms with Crippen LogP contribution in [0.5, 0.6) is 0 Å². The zero-order valence-corrected chi connectivity index (χ0v) is 15.1. The van der Waals surface area contributed by atoms with Gasteiger partial charge in [0.05, 0.1) is 0 Å². The second kappa shape index (κ2) is 6.49. The Morgan fingerprint density at radius 3 is 2.32 bits per heavy atom. The van der Waals surface area contributed by atoms with Gasteiger partial charge in [0.2, 0.25) is 0 Å². The van der Waals surface area contributed by atoms with Crippen LogP contribution in [0.25, 0.3) is 0 Å². The van der Waals surface area contributed by atoms with Crippen molar-refractivity contribution in [2.45, 2.75) is 52.2 Å². The van der Waals surface area contributed by atoms with Gasteiger partial charge in [0, 0.05) is 32.9 Å². The van der Waals surface area contributed by atoms with Gasteiger partial charge in [-0.2, -0.15) is 0 Å². The summed E-state index contributed by atoms with van der Waals surface area (Å²) in [4.78, 5) is 4.46. The van der Waals surface area contributed by atoms with Gasteiger partial charge in [-0.1, -0.05) is 19.9 Å². The second-order valence-electron chi connectivity index (χ2n) is 6.31. The summed E-state index contributed by atoms with van der Waals surface area (Å²) < 4.78 is 13.1. The Morgan fingerprint density at radius 2 is 1.89 bits per heavy atom. The summed E-state index contributed by atoms with van der Waals surface area (Å²) in [6.07, 6.45) is 0. The maximum atomic E-state index is 12.4. The van der Waals surface area contributed by atoms with Crippen LogP contribution in [0.2, 0.25) is 0 Å². The van der Waals surface area contributed by atoms with E-state index in [-0.39, 0.29) is 10.7 Å². The maximum absolute atomic E-state index is 12.4. The number of aromatic nitrogens is 1. The molecule has 0 aliphatic carbocycles. The molecule has 0 aromatic carbocycles. The van der Waals surface area contributed by atoms with Gasteiger partial charge in [0.1, 0.15) is 4.60 Å². The highest BCUT2D eigenvalue weighted by molar-refractivity contribution is 9.10. The van der Waals surface area contributed by atoms with Crippen LogP contribution in [0.15, 0.2) is 16.7 Å². The molecule has 1 heterocycles. The number of aryl methyl sites for hydroxylation is 1. The number of rotatable bonds is 4. The predicted octanol–water partition coefficient (Wildman–Crippen LogP) is 4.44. The Labute approximate surface area is 128 Å². The summed E-state index contributed by atoms with van der Waals surface area (Å²) in [7, 11) is -0.851. The lowest BCUT2D eigenvalue weighted by atomic mass is 9.91. The Bertz CT molecular complexity index is 466. The van der Waals surface area contributed by atoms with Crippen molar-refractivity contribution in [2.75, 3.05) is 5.75 Å². The highest BCUT2D eigenvalue weighted by Crippen LogP contribution is 2.32. The van der Waals surface area contributed by atoms with Crippen LogP contribution in [0, 0.1) is 12.8 Å². The quantitative estimate of drug-likeness (QED) is 0.755. The average Bonchev–Trinajstić information content (AvgIpc) is 2.24. The van der Waals surface area contributed by atoms with Crippen molar-refractivity contribution in [2.24, 2.45) is 5.92 Å². The van der Waals surface area contributed by atoms with Crippen molar-refractivity contribution < 1.29 is 4.21 Å². The first-order chi connectivity index (χ1) is 8.62. The fraction of sp³-hybridized carbons (Fsp3) is 0.667. The molecule has 0 saturated heterocycles. The first-order valence-electron chi connectivity index (χ1n) is 6.64. The molecular formula is C15H24BrNOS. The fourth-order valence-corrected chi connectivity index (χ4v) is 3.96. The van der Waals surface area contributed by atoms with E-state index in [1.54, 1.807) is 0 Å². The van der Waals surface area contributed by atoms with E-state index in [4.69, 9.17) is 0 Å². The van der Waals surface area contributed by atoms with Gasteiger partial charge in [-0.05, 0) is 61.2 Å². The minimum absolute atomic E-state index is 0.169. The Balaban J connectivity index is 3.05. The molecule has 19 heavy (non-hydrogen) atoms. The molecule has 0 N–H and O–H groups in total. The van der Waals surface area contributed by atoms with Crippen LogP contribution in [-0.4, -0.2) is 19.7 Å². The first kappa shape index (κ1) is 16.8. The third-order valence-electron chi connectivity index (χ3n) is 3.23. The number of hydrogen-bond donors (Lipinski definition) is 0. The van der Waals surface area contributed by atoms with Crippen molar-refractivity contribution in [3.8, 4) is 0 Å². The van der Waals surface area contributed by atoms with Gasteiger partial charge >= 0.3 is 0 Å². The Kier molecular flexibility index (Phi) is 5.75. The van der Waals surface area contributed by atoms with E-state index < -0.39 is 10.8 Å². The molecule has 0 bridgehead atoms. The normalized spacial score (nSPS) is 15.6. The number of hydrogen-bond acceptors (Lipinski definition) is 2. The highest BCUT2D eigenvalue weighted by Gasteiger charge is 2.27. The molecule has 0 spiro atoms. The molecule has 0 amide bonds. The molecule has 0 saturated carbocycles. The van der Waals surface area contributed by atoms with Gasteiger partial charge in [0.15, 0.2) is 0 Å². The standard InChI is InChI=1S/C15H24BrNOS/c1-10(2)13(9-19(18)15(4,5)6)12-8-7-11(3)17-14(12)16/h7-8,10,13H,9H2,1-6H3/t13-,19+/m1/s1. The molecular weight excluding hydrogens is 322 g/mol. The van der Waals surface area contributed by atoms with E-state index >= 15 is 0 Å². The van der Waals surface area contributed by atoms with Crippen LogP contribution in [-0.2, 0) is 10.8 Å². The fourth-order valence-electron chi connectivity index (χ4n) is 1.87. The molecule has 2 atom stereocenters. The van der Waals surface area contributed by atoms with E-state index in [1.807, 2.05) is 33.8 Å². The molecule has 4 heteroatoms. The lowest BCUT2D eigenvalue weighted by Gasteiger charge is -2.26. The largest absolute Gasteiger partial charge is 0.259 e. The molecule has 0 unspecified atom stereocenters. The first-order valence-corrected chi connectivity index (χ1v) is 8.75. The predicted molar refractivity (Wildman–Crippen MR) is 87.0 cm³/mol. The molecule has 1 aromatic heterocycles. The van der Waals surface area contributed by atoms with Crippen molar-refractivity contribution in [3.63, 3.8) is 0 Å². The second-order valence-corrected chi connectivity index (χ2v) is 9.31. The smallest absolute Gasteiger partial charge is 0.109 e. The summed E-state index contributed by atoms with van der Waals surface area (Å²) in [5, 5.41) is 0. The van der Waals surface area contributed by atoms with Crippen LogP contribution in [0.3, 0.4) is 0 Å². The SMILES string of the molecule is Cc1ccc([C@H](C[S@](=O)C(C)(C)C)C(C)C)c(Br)n1. The van der Waals surface area contributed by atoms with Gasteiger partial charge in [-0.25, -0.2) is 4.98 Å². The molecule has 1 aromatic rings. The monoisotopic (exact) mass is 345 g/mol. The van der Waals surface area contributed by atoms with Crippen molar-refractivity contribution in [1.29, 1.82) is 0 Å². The number of halogens is 1. The summed E-state index contributed by atoms with van der Waals surface area (Å²) in [5.74, 6) is 1.39. The van der Waals surface area contributed by atoms with Gasteiger partial charge < -0.3 is 0 Å². The van der Waals surface area contributed by atoms with E-state index in [9.17, 15) is 4.21 Å². The average molecular weight is 346 g/mol. The van der Waals surface area contributed by atoms with Crippen molar-refractivity contribution in [3.05, 3.63) is 28.0 Å². The molecule has 0 aliphatic rings. The molecule has 2 nitrogen and oxygen atoms in total. The molecule has 0 fully saturated rings.